The number of nitrogens with zero attached hydrogens (tertiary/aromatic N) is 5. The predicted molar refractivity (Wildman–Crippen MR) is 95.1 cm³/mol. The van der Waals surface area contributed by atoms with Crippen LogP contribution in [0.2, 0.25) is 0 Å². The van der Waals surface area contributed by atoms with Gasteiger partial charge in [-0.1, -0.05) is 13.0 Å². The van der Waals surface area contributed by atoms with Gasteiger partial charge in [-0.25, -0.2) is 4.98 Å². The molecule has 1 N–H and O–H groups in total. The van der Waals surface area contributed by atoms with Gasteiger partial charge in [-0.3, -0.25) is 4.98 Å². The summed E-state index contributed by atoms with van der Waals surface area (Å²) in [5.41, 5.74) is 3.05. The summed E-state index contributed by atoms with van der Waals surface area (Å²) in [7, 11) is 0. The molecule has 0 saturated carbocycles. The van der Waals surface area contributed by atoms with E-state index in [9.17, 15) is 0 Å². The maximum absolute atomic E-state index is 4.74. The van der Waals surface area contributed by atoms with Crippen molar-refractivity contribution in [3.05, 3.63) is 47.9 Å². The Morgan fingerprint density at radius 3 is 2.71 bits per heavy atom. The maximum Gasteiger partial charge on any atom is 0.229 e. The lowest BCUT2D eigenvalue weighted by molar-refractivity contribution is 0.601. The average molecular weight is 320 g/mol. The van der Waals surface area contributed by atoms with Gasteiger partial charge in [0.2, 0.25) is 5.95 Å². The molecule has 0 aliphatic carbocycles. The van der Waals surface area contributed by atoms with E-state index in [-0.39, 0.29) is 0 Å². The lowest BCUT2D eigenvalue weighted by Crippen LogP contribution is -2.38. The average Bonchev–Trinajstić information content (AvgIpc) is 2.58. The third kappa shape index (κ3) is 2.75. The topological polar surface area (TPSA) is 66.8 Å². The summed E-state index contributed by atoms with van der Waals surface area (Å²) in [6, 6.07) is 8.01. The zero-order valence-corrected chi connectivity index (χ0v) is 13.7. The van der Waals surface area contributed by atoms with Crippen LogP contribution in [0.5, 0.6) is 0 Å². The van der Waals surface area contributed by atoms with E-state index in [1.54, 1.807) is 6.20 Å². The molecule has 24 heavy (non-hydrogen) atoms. The van der Waals surface area contributed by atoms with E-state index < -0.39 is 0 Å². The molecule has 122 valence electrons. The maximum atomic E-state index is 4.74. The summed E-state index contributed by atoms with van der Waals surface area (Å²) in [6.45, 7) is 4.84. The van der Waals surface area contributed by atoms with Crippen molar-refractivity contribution in [2.24, 2.45) is 0 Å². The van der Waals surface area contributed by atoms with Gasteiger partial charge in [0.15, 0.2) is 5.65 Å². The van der Waals surface area contributed by atoms with Gasteiger partial charge in [0.05, 0.1) is 5.39 Å². The fraction of sp³-hybridized carbons (Fsp3) is 0.333. The highest BCUT2D eigenvalue weighted by atomic mass is 15.3. The summed E-state index contributed by atoms with van der Waals surface area (Å²) in [4.78, 5) is 20.4. The highest BCUT2D eigenvalue weighted by Crippen LogP contribution is 2.25. The van der Waals surface area contributed by atoms with Crippen molar-refractivity contribution in [1.82, 2.24) is 19.9 Å². The number of nitrogens with one attached hydrogen (secondary N) is 1. The smallest absolute Gasteiger partial charge is 0.229 e. The van der Waals surface area contributed by atoms with Crippen LogP contribution in [0.15, 0.2) is 36.7 Å². The summed E-state index contributed by atoms with van der Waals surface area (Å²) >= 11 is 0. The summed E-state index contributed by atoms with van der Waals surface area (Å²) in [5.74, 6) is 1.60. The van der Waals surface area contributed by atoms with Crippen molar-refractivity contribution in [2.75, 3.05) is 23.3 Å². The minimum atomic E-state index is 0.692. The Kier molecular flexibility index (Phi) is 3.94. The van der Waals surface area contributed by atoms with Crippen LogP contribution < -0.4 is 10.2 Å². The molecule has 0 atom stereocenters. The standard InChI is InChI=1S/C18H20N6/c1-2-15-13(6-3-8-19-15)12-21-17-14-7-4-9-20-16(14)22-18(23-17)24-10-5-11-24/h3-4,6-9H,2,5,10-12H2,1H3,(H,20,21,22,23). The van der Waals surface area contributed by atoms with Crippen LogP contribution in [-0.4, -0.2) is 33.0 Å². The number of aryl methyl sites for hydroxylation is 1. The van der Waals surface area contributed by atoms with E-state index in [4.69, 9.17) is 4.98 Å². The van der Waals surface area contributed by atoms with E-state index in [1.165, 1.54) is 12.0 Å². The zero-order valence-electron chi connectivity index (χ0n) is 13.7. The van der Waals surface area contributed by atoms with Gasteiger partial charge in [-0.15, -0.1) is 0 Å². The molecule has 0 unspecified atom stereocenters. The molecule has 3 aromatic rings. The van der Waals surface area contributed by atoms with Crippen LogP contribution in [0.4, 0.5) is 11.8 Å². The first-order valence-corrected chi connectivity index (χ1v) is 8.39. The van der Waals surface area contributed by atoms with Crippen LogP contribution in [-0.2, 0) is 13.0 Å². The summed E-state index contributed by atoms with van der Waals surface area (Å²) in [6.07, 6.45) is 5.73. The molecule has 0 bridgehead atoms. The molecular formula is C18H20N6. The van der Waals surface area contributed by atoms with Gasteiger partial charge in [-0.2, -0.15) is 9.97 Å². The molecule has 0 amide bonds. The van der Waals surface area contributed by atoms with Crippen LogP contribution in [0, 0.1) is 0 Å². The van der Waals surface area contributed by atoms with Crippen molar-refractivity contribution in [2.45, 2.75) is 26.3 Å². The summed E-state index contributed by atoms with van der Waals surface area (Å²) < 4.78 is 0. The van der Waals surface area contributed by atoms with Crippen molar-refractivity contribution < 1.29 is 0 Å². The van der Waals surface area contributed by atoms with Crippen LogP contribution >= 0.6 is 0 Å². The van der Waals surface area contributed by atoms with E-state index in [2.05, 4.69) is 38.2 Å². The van der Waals surface area contributed by atoms with Crippen molar-refractivity contribution >= 4 is 22.8 Å². The molecule has 6 heteroatoms. The van der Waals surface area contributed by atoms with Gasteiger partial charge in [-0.05, 0) is 36.6 Å². The van der Waals surface area contributed by atoms with Crippen molar-refractivity contribution in [3.63, 3.8) is 0 Å². The second-order valence-electron chi connectivity index (χ2n) is 5.90. The molecule has 0 aromatic carbocycles. The normalized spacial score (nSPS) is 13.8. The molecule has 1 saturated heterocycles. The quantitative estimate of drug-likeness (QED) is 0.780. The largest absolute Gasteiger partial charge is 0.365 e. The van der Waals surface area contributed by atoms with Crippen molar-refractivity contribution in [3.8, 4) is 0 Å². The summed E-state index contributed by atoms with van der Waals surface area (Å²) in [5, 5.41) is 4.41. The Labute approximate surface area is 141 Å². The molecule has 4 rings (SSSR count). The van der Waals surface area contributed by atoms with E-state index in [1.807, 2.05) is 24.4 Å². The van der Waals surface area contributed by atoms with Crippen LogP contribution in [0.3, 0.4) is 0 Å². The van der Waals surface area contributed by atoms with Crippen molar-refractivity contribution in [1.29, 1.82) is 0 Å². The Bertz CT molecular complexity index is 859. The Balaban J connectivity index is 1.67. The molecule has 1 aliphatic rings. The van der Waals surface area contributed by atoms with E-state index in [0.717, 1.165) is 48.0 Å². The van der Waals surface area contributed by atoms with Crippen LogP contribution in [0.1, 0.15) is 24.6 Å². The third-order valence-corrected chi connectivity index (χ3v) is 4.36. The third-order valence-electron chi connectivity index (χ3n) is 4.36. The lowest BCUT2D eigenvalue weighted by atomic mass is 10.1. The minimum absolute atomic E-state index is 0.692. The van der Waals surface area contributed by atoms with Gasteiger partial charge in [0.25, 0.3) is 0 Å². The first kappa shape index (κ1) is 14.8. The number of aromatic nitrogens is 4. The first-order chi connectivity index (χ1) is 11.8. The monoisotopic (exact) mass is 320 g/mol. The number of hydrogen-bond acceptors (Lipinski definition) is 6. The molecule has 1 aliphatic heterocycles. The minimum Gasteiger partial charge on any atom is -0.365 e. The van der Waals surface area contributed by atoms with E-state index >= 15 is 0 Å². The first-order valence-electron chi connectivity index (χ1n) is 8.39. The Hall–Kier alpha value is -2.76. The lowest BCUT2D eigenvalue weighted by Gasteiger charge is -2.31. The molecular weight excluding hydrogens is 300 g/mol. The molecule has 3 aromatic heterocycles. The van der Waals surface area contributed by atoms with E-state index in [0.29, 0.717) is 6.54 Å². The Morgan fingerprint density at radius 2 is 1.92 bits per heavy atom. The predicted octanol–water partition coefficient (Wildman–Crippen LogP) is 2.80. The molecule has 1 fully saturated rings. The number of rotatable bonds is 5. The number of pyridine rings is 2. The highest BCUT2D eigenvalue weighted by molar-refractivity contribution is 5.87. The van der Waals surface area contributed by atoms with Gasteiger partial charge in [0, 0.05) is 37.7 Å². The van der Waals surface area contributed by atoms with Gasteiger partial charge < -0.3 is 10.2 Å². The second kappa shape index (κ2) is 6.39. The Morgan fingerprint density at radius 1 is 1.08 bits per heavy atom. The van der Waals surface area contributed by atoms with Gasteiger partial charge >= 0.3 is 0 Å². The second-order valence-corrected chi connectivity index (χ2v) is 5.90. The fourth-order valence-corrected chi connectivity index (χ4v) is 2.87. The number of hydrogen-bond donors (Lipinski definition) is 1. The fourth-order valence-electron chi connectivity index (χ4n) is 2.87. The SMILES string of the molecule is CCc1ncccc1CNc1nc(N2CCC2)nc2ncccc12. The van der Waals surface area contributed by atoms with Gasteiger partial charge in [0.1, 0.15) is 5.82 Å². The molecule has 6 nitrogen and oxygen atoms in total. The molecule has 0 radical (unpaired) electrons. The number of anilines is 2. The zero-order chi connectivity index (χ0) is 16.4. The highest BCUT2D eigenvalue weighted by Gasteiger charge is 2.19. The molecule has 4 heterocycles. The molecule has 0 spiro atoms. The van der Waals surface area contributed by atoms with Crippen LogP contribution in [0.25, 0.3) is 11.0 Å². The number of fused-ring (bicyclic) bond motifs is 1.